The molecule has 404 valence electrons. The number of carbonyl (C=O) groups is 2. The lowest BCUT2D eigenvalue weighted by atomic mass is 10.2. The topological polar surface area (TPSA) is 284 Å². The Labute approximate surface area is 445 Å². The molecule has 2 atom stereocenters. The fourth-order valence-corrected chi connectivity index (χ4v) is 9.38. The quantitative estimate of drug-likeness (QED) is 0.126. The van der Waals surface area contributed by atoms with Gasteiger partial charge in [0.15, 0.2) is 34.1 Å². The minimum atomic E-state index is -0.525. The number of amides is 2. The monoisotopic (exact) mass is 1060 g/mol. The van der Waals surface area contributed by atoms with Crippen molar-refractivity contribution in [1.82, 2.24) is 68.5 Å². The Balaban J connectivity index is 0.000000165. The normalized spacial score (nSPS) is 14.8. The van der Waals surface area contributed by atoms with Crippen LogP contribution in [0.5, 0.6) is 11.5 Å². The van der Waals surface area contributed by atoms with E-state index in [1.807, 2.05) is 72.2 Å². The SMILES string of the molecule is COCCOc1ccc(N2CCN(C(=O)[C@@H](C)n3cc4c(nc(N)n5nc(-c6ccco6)nc45)n3)CC2)cc1.COCCOc1ccc(N2CCN(C(=O)[C@H](C)n3cc4c(nc(N)n5nc(-c6ccco6)nc45)n3)CC2)cc1. The van der Waals surface area contributed by atoms with E-state index in [4.69, 9.17) is 39.2 Å². The highest BCUT2D eigenvalue weighted by Crippen LogP contribution is 2.29. The fraction of sp³-hybridized carbons (Fsp3) is 0.346. The van der Waals surface area contributed by atoms with Gasteiger partial charge in [0.05, 0.1) is 36.5 Å². The van der Waals surface area contributed by atoms with Crippen LogP contribution in [0.4, 0.5) is 23.3 Å². The van der Waals surface area contributed by atoms with Crippen molar-refractivity contribution in [2.75, 3.05) is 114 Å². The van der Waals surface area contributed by atoms with Crippen LogP contribution < -0.4 is 30.7 Å². The van der Waals surface area contributed by atoms with Gasteiger partial charge in [-0.05, 0) is 86.6 Å². The highest BCUT2D eigenvalue weighted by atomic mass is 16.5. The van der Waals surface area contributed by atoms with Crippen LogP contribution in [0.25, 0.3) is 56.5 Å². The van der Waals surface area contributed by atoms with Crippen molar-refractivity contribution in [3.05, 3.63) is 97.7 Å². The third-order valence-corrected chi connectivity index (χ3v) is 13.7. The number of anilines is 4. The van der Waals surface area contributed by atoms with Crippen LogP contribution in [0.2, 0.25) is 0 Å². The molecule has 4 N–H and O–H groups in total. The van der Waals surface area contributed by atoms with Crippen LogP contribution in [0.15, 0.2) is 107 Å². The molecule has 2 saturated heterocycles. The van der Waals surface area contributed by atoms with Crippen molar-refractivity contribution < 1.29 is 37.4 Å². The number of rotatable bonds is 16. The minimum Gasteiger partial charge on any atom is -0.491 e. The molecular weight excluding hydrogens is 1000 g/mol. The molecule has 2 aliphatic rings. The summed E-state index contributed by atoms with van der Waals surface area (Å²) >= 11 is 0. The maximum absolute atomic E-state index is 13.4. The lowest BCUT2D eigenvalue weighted by Crippen LogP contribution is -2.50. The lowest BCUT2D eigenvalue weighted by Gasteiger charge is -2.37. The molecular formula is C52H58N18O8. The molecule has 26 heteroatoms. The summed E-state index contributed by atoms with van der Waals surface area (Å²) < 4.78 is 38.3. The number of benzene rings is 2. The number of hydrogen-bond acceptors (Lipinski definition) is 20. The van der Waals surface area contributed by atoms with Crippen LogP contribution in [0, 0.1) is 0 Å². The Kier molecular flexibility index (Phi) is 14.4. The summed E-state index contributed by atoms with van der Waals surface area (Å²) in [6.45, 7) is 11.2. The van der Waals surface area contributed by atoms with Crippen LogP contribution in [0.3, 0.4) is 0 Å². The van der Waals surface area contributed by atoms with Gasteiger partial charge in [-0.1, -0.05) is 0 Å². The van der Waals surface area contributed by atoms with Gasteiger partial charge < -0.3 is 58.8 Å². The Morgan fingerprint density at radius 3 is 1.29 bits per heavy atom. The number of nitrogens with zero attached hydrogens (tertiary/aromatic N) is 16. The Hall–Kier alpha value is -9.30. The molecule has 12 rings (SSSR count). The smallest absolute Gasteiger partial charge is 0.247 e. The van der Waals surface area contributed by atoms with E-state index in [0.717, 1.165) is 49.1 Å². The molecule has 78 heavy (non-hydrogen) atoms. The Morgan fingerprint density at radius 1 is 0.538 bits per heavy atom. The number of methoxy groups -OCH3 is 2. The van der Waals surface area contributed by atoms with Gasteiger partial charge in [0.25, 0.3) is 0 Å². The molecule has 2 aliphatic heterocycles. The molecule has 0 radical (unpaired) electrons. The van der Waals surface area contributed by atoms with Crippen LogP contribution in [0.1, 0.15) is 25.9 Å². The standard InChI is InChI=1S/2C26H29N9O4/c2*1-17(25(36)33-11-9-32(10-12-33)18-5-7-19(8-6-18)38-15-14-37-2)34-16-20-22(30-34)29-26(27)35-24(20)28-23(31-35)21-4-3-13-39-21/h2*3-8,13,16-17H,9-12,14-15H2,1-2H3,(H2,27,29,30)/t2*17-/m10/s1. The number of carbonyl (C=O) groups excluding carboxylic acids is 2. The first-order chi connectivity index (χ1) is 38.0. The zero-order valence-electron chi connectivity index (χ0n) is 43.5. The number of fused-ring (bicyclic) bond motifs is 6. The van der Waals surface area contributed by atoms with Crippen molar-refractivity contribution in [3.63, 3.8) is 0 Å². The van der Waals surface area contributed by atoms with Gasteiger partial charge in [-0.2, -0.15) is 29.2 Å². The lowest BCUT2D eigenvalue weighted by molar-refractivity contribution is -0.135. The molecule has 0 spiro atoms. The number of hydrogen-bond donors (Lipinski definition) is 2. The molecule has 0 unspecified atom stereocenters. The molecule has 10 aromatic rings. The van der Waals surface area contributed by atoms with Gasteiger partial charge >= 0.3 is 0 Å². The average molecular weight is 1060 g/mol. The third kappa shape index (κ3) is 10.4. The van der Waals surface area contributed by atoms with E-state index in [1.54, 1.807) is 72.8 Å². The number of nitrogen functional groups attached to an aromatic ring is 2. The van der Waals surface area contributed by atoms with Gasteiger partial charge in [0, 0.05) is 90.3 Å². The molecule has 2 fully saturated rings. The molecule has 8 aromatic heterocycles. The van der Waals surface area contributed by atoms with Gasteiger partial charge in [-0.3, -0.25) is 19.0 Å². The second-order valence-electron chi connectivity index (χ2n) is 18.6. The van der Waals surface area contributed by atoms with Gasteiger partial charge in [-0.15, -0.1) is 10.2 Å². The van der Waals surface area contributed by atoms with E-state index >= 15 is 0 Å². The summed E-state index contributed by atoms with van der Waals surface area (Å²) in [7, 11) is 3.30. The predicted molar refractivity (Wildman–Crippen MR) is 287 cm³/mol. The zero-order chi connectivity index (χ0) is 53.9. The van der Waals surface area contributed by atoms with E-state index in [-0.39, 0.29) is 23.7 Å². The van der Waals surface area contributed by atoms with E-state index < -0.39 is 12.1 Å². The number of aromatic nitrogens is 12. The van der Waals surface area contributed by atoms with Crippen molar-refractivity contribution >= 4 is 68.4 Å². The van der Waals surface area contributed by atoms with E-state index in [2.05, 4.69) is 50.1 Å². The van der Waals surface area contributed by atoms with Crippen molar-refractivity contribution in [3.8, 4) is 34.7 Å². The van der Waals surface area contributed by atoms with Gasteiger partial charge in [0.2, 0.25) is 35.4 Å². The Bertz CT molecular complexity index is 3410. The summed E-state index contributed by atoms with van der Waals surface area (Å²) in [6.07, 6.45) is 6.65. The molecule has 10 heterocycles. The number of furan rings is 2. The maximum Gasteiger partial charge on any atom is 0.247 e. The largest absolute Gasteiger partial charge is 0.491 e. The van der Waals surface area contributed by atoms with Crippen LogP contribution in [-0.4, -0.2) is 173 Å². The maximum atomic E-state index is 13.4. The van der Waals surface area contributed by atoms with Gasteiger partial charge in [-0.25, -0.2) is 9.97 Å². The van der Waals surface area contributed by atoms with E-state index in [9.17, 15) is 9.59 Å². The number of nitrogens with two attached hydrogens (primary N) is 2. The number of piperazine rings is 2. The zero-order valence-corrected chi connectivity index (χ0v) is 43.5. The van der Waals surface area contributed by atoms with Crippen molar-refractivity contribution in [2.45, 2.75) is 25.9 Å². The minimum absolute atomic E-state index is 0.00826. The summed E-state index contributed by atoms with van der Waals surface area (Å²) in [6, 6.07) is 22.0. The van der Waals surface area contributed by atoms with Crippen molar-refractivity contribution in [2.24, 2.45) is 0 Å². The molecule has 0 aliphatic carbocycles. The number of ether oxygens (including phenoxy) is 4. The molecule has 26 nitrogen and oxygen atoms in total. The predicted octanol–water partition coefficient (Wildman–Crippen LogP) is 4.50. The molecule has 0 saturated carbocycles. The highest BCUT2D eigenvalue weighted by Gasteiger charge is 2.30. The Morgan fingerprint density at radius 2 is 0.936 bits per heavy atom. The highest BCUT2D eigenvalue weighted by molar-refractivity contribution is 5.92. The second-order valence-corrected chi connectivity index (χ2v) is 18.6. The van der Waals surface area contributed by atoms with E-state index in [0.29, 0.717) is 109 Å². The summed E-state index contributed by atoms with van der Waals surface area (Å²) in [4.78, 5) is 53.0. The van der Waals surface area contributed by atoms with Crippen molar-refractivity contribution in [1.29, 1.82) is 0 Å². The molecule has 2 aromatic carbocycles. The summed E-state index contributed by atoms with van der Waals surface area (Å²) in [5, 5.41) is 19.2. The first-order valence-electron chi connectivity index (χ1n) is 25.4. The second kappa shape index (κ2) is 22.1. The molecule has 2 amide bonds. The van der Waals surface area contributed by atoms with E-state index in [1.165, 1.54) is 9.03 Å². The average Bonchev–Trinajstić information content (AvgIpc) is 4.46. The van der Waals surface area contributed by atoms with Gasteiger partial charge in [0.1, 0.15) is 36.8 Å². The fourth-order valence-electron chi connectivity index (χ4n) is 9.38. The summed E-state index contributed by atoms with van der Waals surface area (Å²) in [5.41, 5.74) is 16.2. The van der Waals surface area contributed by atoms with Crippen LogP contribution in [-0.2, 0) is 19.1 Å². The molecule has 0 bridgehead atoms. The van der Waals surface area contributed by atoms with Crippen LogP contribution >= 0.6 is 0 Å². The summed E-state index contributed by atoms with van der Waals surface area (Å²) in [5.74, 6) is 3.73. The first-order valence-corrected chi connectivity index (χ1v) is 25.4. The first kappa shape index (κ1) is 50.8. The third-order valence-electron chi connectivity index (χ3n) is 13.7.